The number of pyridine rings is 2. The lowest BCUT2D eigenvalue weighted by Gasteiger charge is -2.15. The summed E-state index contributed by atoms with van der Waals surface area (Å²) in [6.45, 7) is 0. The maximum Gasteiger partial charge on any atom is 0.433 e. The van der Waals surface area contributed by atoms with E-state index in [2.05, 4.69) is 4.98 Å². The molecule has 0 aliphatic heterocycles. The Morgan fingerprint density at radius 1 is 0.968 bits per heavy atom. The first-order chi connectivity index (χ1) is 14.7. The van der Waals surface area contributed by atoms with Gasteiger partial charge in [-0.25, -0.2) is 9.78 Å². The van der Waals surface area contributed by atoms with Gasteiger partial charge in [0, 0.05) is 23.9 Å². The molecular formula is C23H15F3N2O3. The minimum atomic E-state index is -4.64. The molecular weight excluding hydrogens is 409 g/mol. The van der Waals surface area contributed by atoms with Crippen molar-refractivity contribution in [3.8, 4) is 5.69 Å². The molecule has 31 heavy (non-hydrogen) atoms. The Hall–Kier alpha value is -3.94. The summed E-state index contributed by atoms with van der Waals surface area (Å²) in [6, 6.07) is 16.7. The van der Waals surface area contributed by atoms with Crippen LogP contribution < -0.4 is 5.43 Å². The molecule has 0 atom stereocenters. The number of fused-ring (bicyclic) bond motifs is 1. The second-order valence-electron chi connectivity index (χ2n) is 6.93. The van der Waals surface area contributed by atoms with Gasteiger partial charge < -0.3 is 9.67 Å². The number of hydrogen-bond acceptors (Lipinski definition) is 3. The number of para-hydroxylation sites is 1. The van der Waals surface area contributed by atoms with Crippen LogP contribution in [0.3, 0.4) is 0 Å². The van der Waals surface area contributed by atoms with Gasteiger partial charge in [-0.05, 0) is 42.0 Å². The van der Waals surface area contributed by atoms with Crippen LogP contribution in [0.5, 0.6) is 0 Å². The van der Waals surface area contributed by atoms with Crippen LogP contribution in [0.15, 0.2) is 77.7 Å². The summed E-state index contributed by atoms with van der Waals surface area (Å²) in [6.07, 6.45) is -2.98. The van der Waals surface area contributed by atoms with Crippen molar-refractivity contribution in [2.24, 2.45) is 0 Å². The van der Waals surface area contributed by atoms with E-state index >= 15 is 0 Å². The third kappa shape index (κ3) is 4.05. The smallest absolute Gasteiger partial charge is 0.433 e. The number of carboxylic acids is 1. The molecule has 0 bridgehead atoms. The number of rotatable bonds is 4. The Labute approximate surface area is 174 Å². The predicted molar refractivity (Wildman–Crippen MR) is 109 cm³/mol. The number of benzene rings is 2. The summed E-state index contributed by atoms with van der Waals surface area (Å²) in [5.41, 5.74) is 0.124. The van der Waals surface area contributed by atoms with Crippen LogP contribution in [0.1, 0.15) is 27.2 Å². The standard InChI is InChI=1S/C23H15F3N2O3/c24-23(25,26)19-11-10-18-20(29)16(12-14-6-8-15(9-7-14)22(30)31)13-28(21(18)27-19)17-4-2-1-3-5-17/h1-11,13H,12H2,(H,30,31). The van der Waals surface area contributed by atoms with Crippen molar-refractivity contribution in [3.63, 3.8) is 0 Å². The lowest BCUT2D eigenvalue weighted by Crippen LogP contribution is -2.17. The van der Waals surface area contributed by atoms with Gasteiger partial charge in [0.15, 0.2) is 5.43 Å². The van der Waals surface area contributed by atoms with E-state index in [0.717, 1.165) is 12.1 Å². The predicted octanol–water partition coefficient (Wildman–Crippen LogP) is 4.69. The van der Waals surface area contributed by atoms with E-state index in [1.807, 2.05) is 0 Å². The number of aromatic nitrogens is 2. The van der Waals surface area contributed by atoms with Gasteiger partial charge in [0.05, 0.1) is 10.9 Å². The minimum absolute atomic E-state index is 0.0662. The van der Waals surface area contributed by atoms with Crippen LogP contribution in [0, 0.1) is 0 Å². The Morgan fingerprint density at radius 2 is 1.65 bits per heavy atom. The molecule has 0 fully saturated rings. The molecule has 0 saturated carbocycles. The normalized spacial score (nSPS) is 11.6. The van der Waals surface area contributed by atoms with Crippen molar-refractivity contribution >= 4 is 17.0 Å². The molecule has 0 spiro atoms. The van der Waals surface area contributed by atoms with Gasteiger partial charge in [0.2, 0.25) is 0 Å². The molecule has 2 heterocycles. The first kappa shape index (κ1) is 20.3. The van der Waals surface area contributed by atoms with Crippen LogP contribution in [0.25, 0.3) is 16.7 Å². The molecule has 0 aliphatic rings. The molecule has 0 amide bonds. The molecule has 4 aromatic rings. The summed E-state index contributed by atoms with van der Waals surface area (Å²) < 4.78 is 41.1. The van der Waals surface area contributed by atoms with E-state index in [9.17, 15) is 22.8 Å². The van der Waals surface area contributed by atoms with Crippen LogP contribution >= 0.6 is 0 Å². The highest BCUT2D eigenvalue weighted by molar-refractivity contribution is 5.87. The number of hydrogen-bond donors (Lipinski definition) is 1. The number of halogens is 3. The third-order valence-corrected chi connectivity index (χ3v) is 4.84. The number of carbonyl (C=O) groups is 1. The molecule has 4 rings (SSSR count). The molecule has 0 unspecified atom stereocenters. The van der Waals surface area contributed by atoms with Crippen LogP contribution in [-0.4, -0.2) is 20.6 Å². The fourth-order valence-electron chi connectivity index (χ4n) is 3.31. The highest BCUT2D eigenvalue weighted by atomic mass is 19.4. The van der Waals surface area contributed by atoms with Crippen molar-refractivity contribution in [2.45, 2.75) is 12.6 Å². The summed E-state index contributed by atoms with van der Waals surface area (Å²) in [5.74, 6) is -1.06. The van der Waals surface area contributed by atoms with Crippen molar-refractivity contribution in [2.75, 3.05) is 0 Å². The first-order valence-electron chi connectivity index (χ1n) is 9.24. The number of aromatic carboxylic acids is 1. The molecule has 2 aromatic carbocycles. The summed E-state index contributed by atoms with van der Waals surface area (Å²) in [4.78, 5) is 27.8. The Balaban J connectivity index is 1.90. The van der Waals surface area contributed by atoms with E-state index in [4.69, 9.17) is 5.11 Å². The molecule has 8 heteroatoms. The maximum absolute atomic E-state index is 13.2. The van der Waals surface area contributed by atoms with Crippen molar-refractivity contribution in [1.29, 1.82) is 0 Å². The topological polar surface area (TPSA) is 72.2 Å². The Morgan fingerprint density at radius 3 is 2.26 bits per heavy atom. The van der Waals surface area contributed by atoms with Crippen molar-refractivity contribution < 1.29 is 23.1 Å². The minimum Gasteiger partial charge on any atom is -0.478 e. The van der Waals surface area contributed by atoms with Gasteiger partial charge in [-0.3, -0.25) is 4.79 Å². The summed E-state index contributed by atoms with van der Waals surface area (Å²) in [5, 5.41) is 9.10. The second-order valence-corrected chi connectivity index (χ2v) is 6.93. The van der Waals surface area contributed by atoms with Gasteiger partial charge in [-0.2, -0.15) is 13.2 Å². The van der Waals surface area contributed by atoms with Crippen LogP contribution in [-0.2, 0) is 12.6 Å². The number of alkyl halides is 3. The van der Waals surface area contributed by atoms with Crippen molar-refractivity contribution in [1.82, 2.24) is 9.55 Å². The molecule has 5 nitrogen and oxygen atoms in total. The van der Waals surface area contributed by atoms with Crippen LogP contribution in [0.4, 0.5) is 13.2 Å². The average molecular weight is 424 g/mol. The molecule has 156 valence electrons. The maximum atomic E-state index is 13.2. The molecule has 0 radical (unpaired) electrons. The first-order valence-corrected chi connectivity index (χ1v) is 9.24. The molecule has 0 aliphatic carbocycles. The average Bonchev–Trinajstić information content (AvgIpc) is 2.75. The zero-order valence-electron chi connectivity index (χ0n) is 15.9. The largest absolute Gasteiger partial charge is 0.478 e. The molecule has 0 saturated heterocycles. The number of nitrogens with zero attached hydrogens (tertiary/aromatic N) is 2. The summed E-state index contributed by atoms with van der Waals surface area (Å²) in [7, 11) is 0. The molecule has 2 aromatic heterocycles. The zero-order chi connectivity index (χ0) is 22.2. The SMILES string of the molecule is O=C(O)c1ccc(Cc2cn(-c3ccccc3)c3nc(C(F)(F)F)ccc3c2=O)cc1. The van der Waals surface area contributed by atoms with E-state index in [0.29, 0.717) is 16.8 Å². The lowest BCUT2D eigenvalue weighted by atomic mass is 10.0. The fourth-order valence-corrected chi connectivity index (χ4v) is 3.31. The van der Waals surface area contributed by atoms with Gasteiger partial charge in [-0.15, -0.1) is 0 Å². The van der Waals surface area contributed by atoms with Crippen LogP contribution in [0.2, 0.25) is 0 Å². The fraction of sp³-hybridized carbons (Fsp3) is 0.0870. The van der Waals surface area contributed by atoms with Gasteiger partial charge in [0.1, 0.15) is 11.3 Å². The second kappa shape index (κ2) is 7.71. The summed E-state index contributed by atoms with van der Waals surface area (Å²) >= 11 is 0. The van der Waals surface area contributed by atoms with E-state index in [1.165, 1.54) is 22.9 Å². The van der Waals surface area contributed by atoms with E-state index in [-0.39, 0.29) is 23.0 Å². The quantitative estimate of drug-likeness (QED) is 0.516. The Kier molecular flexibility index (Phi) is 5.06. The monoisotopic (exact) mass is 424 g/mol. The zero-order valence-corrected chi connectivity index (χ0v) is 15.9. The van der Waals surface area contributed by atoms with Gasteiger partial charge in [0.25, 0.3) is 0 Å². The van der Waals surface area contributed by atoms with Gasteiger partial charge >= 0.3 is 12.1 Å². The van der Waals surface area contributed by atoms with E-state index < -0.39 is 23.3 Å². The molecule has 1 N–H and O–H groups in total. The van der Waals surface area contributed by atoms with Crippen molar-refractivity contribution in [3.05, 3.63) is 106 Å². The number of carboxylic acid groups (broad SMARTS) is 1. The lowest BCUT2D eigenvalue weighted by molar-refractivity contribution is -0.141. The van der Waals surface area contributed by atoms with Gasteiger partial charge in [-0.1, -0.05) is 30.3 Å². The Bertz CT molecular complexity index is 1330. The highest BCUT2D eigenvalue weighted by Crippen LogP contribution is 2.29. The highest BCUT2D eigenvalue weighted by Gasteiger charge is 2.33. The third-order valence-electron chi connectivity index (χ3n) is 4.84. The van der Waals surface area contributed by atoms with E-state index in [1.54, 1.807) is 42.5 Å².